The normalized spacial score (nSPS) is 14.2. The van der Waals surface area contributed by atoms with Crippen LogP contribution in [0, 0.1) is 0 Å². The fraction of sp³-hybridized carbons (Fsp3) is 0.707. The van der Waals surface area contributed by atoms with E-state index in [1.54, 1.807) is 0 Å². The summed E-state index contributed by atoms with van der Waals surface area (Å²) >= 11 is 0. The third kappa shape index (κ3) is 42.8. The molecule has 1 aliphatic heterocycles. The molecule has 0 aromatic carbocycles. The molecule has 0 unspecified atom stereocenters. The van der Waals surface area contributed by atoms with Crippen molar-refractivity contribution < 1.29 is 34.5 Å². The maximum absolute atomic E-state index is 10.4. The predicted octanol–water partition coefficient (Wildman–Crippen LogP) is 11.1. The fourth-order valence-corrected chi connectivity index (χ4v) is 4.97. The van der Waals surface area contributed by atoms with E-state index in [1.807, 2.05) is 0 Å². The lowest BCUT2D eigenvalue weighted by Gasteiger charge is -1.99. The SMILES string of the molecule is CCCCC/C=C\C/C=C\CCCCCCCC(=O)O.CCCCC/C=C\C/C=C\CCCCCCCC(=O)O.O=C1CC[C@@H](C(=O)O)N1. The van der Waals surface area contributed by atoms with Crippen molar-refractivity contribution in [1.29, 1.82) is 0 Å². The molecule has 0 aromatic heterocycles. The van der Waals surface area contributed by atoms with Gasteiger partial charge in [0.15, 0.2) is 0 Å². The zero-order valence-electron chi connectivity index (χ0n) is 31.1. The van der Waals surface area contributed by atoms with Gasteiger partial charge in [-0.05, 0) is 83.5 Å². The third-order valence-corrected chi connectivity index (χ3v) is 7.98. The summed E-state index contributed by atoms with van der Waals surface area (Å²) in [6, 6.07) is -0.641. The van der Waals surface area contributed by atoms with Crippen molar-refractivity contribution in [3.8, 4) is 0 Å². The summed E-state index contributed by atoms with van der Waals surface area (Å²) < 4.78 is 0. The lowest BCUT2D eigenvalue weighted by molar-refractivity contribution is -0.140. The first-order valence-corrected chi connectivity index (χ1v) is 19.3. The average Bonchev–Trinajstić information content (AvgIpc) is 3.52. The van der Waals surface area contributed by atoms with Crippen molar-refractivity contribution in [2.45, 2.75) is 187 Å². The van der Waals surface area contributed by atoms with Crippen LogP contribution in [0.25, 0.3) is 0 Å². The van der Waals surface area contributed by atoms with Crippen LogP contribution >= 0.6 is 0 Å². The number of amides is 1. The Morgan fingerprint density at radius 1 is 0.551 bits per heavy atom. The Labute approximate surface area is 298 Å². The van der Waals surface area contributed by atoms with Crippen LogP contribution in [0.15, 0.2) is 48.6 Å². The number of carbonyl (C=O) groups is 4. The van der Waals surface area contributed by atoms with Gasteiger partial charge in [-0.25, -0.2) is 4.79 Å². The molecule has 0 aromatic rings. The van der Waals surface area contributed by atoms with E-state index in [-0.39, 0.29) is 5.91 Å². The van der Waals surface area contributed by atoms with Gasteiger partial charge in [0.25, 0.3) is 0 Å². The summed E-state index contributed by atoms with van der Waals surface area (Å²) in [6.45, 7) is 4.47. The Morgan fingerprint density at radius 2 is 0.898 bits per heavy atom. The number of carboxylic acids is 3. The first-order chi connectivity index (χ1) is 23.7. The van der Waals surface area contributed by atoms with Crippen LogP contribution in [0.4, 0.5) is 0 Å². The molecule has 4 N–H and O–H groups in total. The maximum Gasteiger partial charge on any atom is 0.326 e. The van der Waals surface area contributed by atoms with E-state index in [4.69, 9.17) is 15.3 Å². The summed E-state index contributed by atoms with van der Waals surface area (Å²) in [6.07, 6.45) is 45.3. The highest BCUT2D eigenvalue weighted by molar-refractivity contribution is 5.87. The second kappa shape index (κ2) is 39.3. The molecule has 1 heterocycles. The highest BCUT2D eigenvalue weighted by Crippen LogP contribution is 2.09. The van der Waals surface area contributed by atoms with Crippen LogP contribution in [0.1, 0.15) is 181 Å². The molecule has 1 rings (SSSR count). The van der Waals surface area contributed by atoms with Gasteiger partial charge in [0.05, 0.1) is 0 Å². The van der Waals surface area contributed by atoms with Crippen LogP contribution in [0.2, 0.25) is 0 Å². The number of nitrogens with one attached hydrogen (secondary N) is 1. The number of aliphatic carboxylic acids is 3. The topological polar surface area (TPSA) is 141 Å². The average molecular weight is 690 g/mol. The minimum Gasteiger partial charge on any atom is -0.481 e. The molecule has 1 aliphatic rings. The monoisotopic (exact) mass is 690 g/mol. The van der Waals surface area contributed by atoms with Crippen LogP contribution in [0.5, 0.6) is 0 Å². The second-order valence-corrected chi connectivity index (χ2v) is 12.7. The Bertz CT molecular complexity index is 867. The van der Waals surface area contributed by atoms with Crippen molar-refractivity contribution in [1.82, 2.24) is 5.32 Å². The minimum atomic E-state index is -0.944. The number of allylic oxidation sites excluding steroid dienone is 8. The zero-order chi connectivity index (χ0) is 36.6. The zero-order valence-corrected chi connectivity index (χ0v) is 31.1. The Balaban J connectivity index is 0. The van der Waals surface area contributed by atoms with Gasteiger partial charge in [-0.1, -0.05) is 127 Å². The summed E-state index contributed by atoms with van der Waals surface area (Å²) in [7, 11) is 0. The Hall–Kier alpha value is -3.16. The molecule has 0 saturated carbocycles. The van der Waals surface area contributed by atoms with Gasteiger partial charge >= 0.3 is 17.9 Å². The second-order valence-electron chi connectivity index (χ2n) is 12.7. The van der Waals surface area contributed by atoms with Gasteiger partial charge in [-0.2, -0.15) is 0 Å². The molecule has 1 amide bonds. The first-order valence-electron chi connectivity index (χ1n) is 19.3. The molecular weight excluding hydrogens is 618 g/mol. The maximum atomic E-state index is 10.4. The molecule has 282 valence electrons. The molecule has 0 bridgehead atoms. The van der Waals surface area contributed by atoms with Gasteiger partial charge in [-0.3, -0.25) is 14.4 Å². The lowest BCUT2D eigenvalue weighted by atomic mass is 10.1. The van der Waals surface area contributed by atoms with Crippen LogP contribution in [0.3, 0.4) is 0 Å². The molecule has 1 atom stereocenters. The number of rotatable bonds is 29. The number of carboxylic acid groups (broad SMARTS) is 3. The number of carbonyl (C=O) groups excluding carboxylic acids is 1. The highest BCUT2D eigenvalue weighted by Gasteiger charge is 2.26. The fourth-order valence-electron chi connectivity index (χ4n) is 4.97. The molecule has 0 radical (unpaired) electrons. The number of hydrogen-bond donors (Lipinski definition) is 4. The van der Waals surface area contributed by atoms with Gasteiger partial charge in [-0.15, -0.1) is 0 Å². The van der Waals surface area contributed by atoms with Crippen LogP contribution in [-0.2, 0) is 19.2 Å². The van der Waals surface area contributed by atoms with Crippen molar-refractivity contribution in [3.63, 3.8) is 0 Å². The molecule has 8 nitrogen and oxygen atoms in total. The van der Waals surface area contributed by atoms with Crippen molar-refractivity contribution >= 4 is 23.8 Å². The van der Waals surface area contributed by atoms with E-state index in [9.17, 15) is 19.2 Å². The molecular formula is C41H71NO7. The molecule has 1 saturated heterocycles. The highest BCUT2D eigenvalue weighted by atomic mass is 16.4. The molecule has 8 heteroatoms. The molecule has 0 aliphatic carbocycles. The lowest BCUT2D eigenvalue weighted by Crippen LogP contribution is -2.32. The van der Waals surface area contributed by atoms with E-state index in [0.717, 1.165) is 51.4 Å². The van der Waals surface area contributed by atoms with Gasteiger partial charge < -0.3 is 20.6 Å². The van der Waals surface area contributed by atoms with Crippen molar-refractivity contribution in [3.05, 3.63) is 48.6 Å². The van der Waals surface area contributed by atoms with E-state index in [2.05, 4.69) is 67.8 Å². The van der Waals surface area contributed by atoms with E-state index < -0.39 is 23.9 Å². The van der Waals surface area contributed by atoms with E-state index >= 15 is 0 Å². The standard InChI is InChI=1S/2C18H32O2.C5H7NO3/c2*1-2-3-4-5-6-7-8-9-10-11-12-13-14-15-16-17-18(19)20;7-4-2-1-3(6-4)5(8)9/h2*6-7,9-10H,2-5,8,11-17H2,1H3,(H,19,20);3H,1-2H2,(H,6,7)(H,8,9)/b2*7-6-,10-9-;/t;;3-/m..0/s1. The summed E-state index contributed by atoms with van der Waals surface area (Å²) in [5.41, 5.74) is 0. The van der Waals surface area contributed by atoms with Gasteiger partial charge in [0.1, 0.15) is 6.04 Å². The van der Waals surface area contributed by atoms with Crippen molar-refractivity contribution in [2.24, 2.45) is 0 Å². The summed E-state index contributed by atoms with van der Waals surface area (Å²) in [4.78, 5) is 41.2. The predicted molar refractivity (Wildman–Crippen MR) is 203 cm³/mol. The van der Waals surface area contributed by atoms with Crippen molar-refractivity contribution in [2.75, 3.05) is 0 Å². The quantitative estimate of drug-likeness (QED) is 0.0452. The summed E-state index contributed by atoms with van der Waals surface area (Å²) in [5.74, 6) is -2.45. The number of hydrogen-bond acceptors (Lipinski definition) is 4. The van der Waals surface area contributed by atoms with Crippen LogP contribution < -0.4 is 5.32 Å². The molecule has 49 heavy (non-hydrogen) atoms. The van der Waals surface area contributed by atoms with Crippen LogP contribution in [-0.4, -0.2) is 45.2 Å². The Morgan fingerprint density at radius 3 is 1.18 bits per heavy atom. The van der Waals surface area contributed by atoms with E-state index in [0.29, 0.717) is 25.7 Å². The molecule has 1 fully saturated rings. The third-order valence-electron chi connectivity index (χ3n) is 7.98. The smallest absolute Gasteiger partial charge is 0.326 e. The largest absolute Gasteiger partial charge is 0.481 e. The number of unbranched alkanes of at least 4 members (excludes halogenated alkanes) is 16. The van der Waals surface area contributed by atoms with Gasteiger partial charge in [0.2, 0.25) is 5.91 Å². The van der Waals surface area contributed by atoms with Gasteiger partial charge in [0, 0.05) is 19.3 Å². The minimum absolute atomic E-state index is 0.164. The summed E-state index contributed by atoms with van der Waals surface area (Å²) in [5, 5.41) is 27.6. The Kier molecular flexibility index (Phi) is 38.4. The van der Waals surface area contributed by atoms with E-state index in [1.165, 1.54) is 89.9 Å². The first kappa shape index (κ1) is 48.0. The molecule has 0 spiro atoms.